The fourth-order valence-corrected chi connectivity index (χ4v) is 1.67. The van der Waals surface area contributed by atoms with E-state index in [9.17, 15) is 4.79 Å². The average Bonchev–Trinajstić information content (AvgIpc) is 2.73. The highest BCUT2D eigenvalue weighted by atomic mass is 16.1. The molecule has 0 amide bonds. The first-order valence-electron chi connectivity index (χ1n) is 5.32. The fourth-order valence-electron chi connectivity index (χ4n) is 1.67. The van der Waals surface area contributed by atoms with Gasteiger partial charge in [-0.1, -0.05) is 30.3 Å². The van der Waals surface area contributed by atoms with Crippen LogP contribution in [0.3, 0.4) is 0 Å². The van der Waals surface area contributed by atoms with Gasteiger partial charge in [-0.15, -0.1) is 0 Å². The Bertz CT molecular complexity index is 486. The molecule has 16 heavy (non-hydrogen) atoms. The zero-order chi connectivity index (χ0) is 11.4. The highest BCUT2D eigenvalue weighted by Crippen LogP contribution is 2.13. The van der Waals surface area contributed by atoms with Gasteiger partial charge in [0.2, 0.25) is 0 Å². The van der Waals surface area contributed by atoms with Crippen LogP contribution in [0.15, 0.2) is 47.5 Å². The Hall–Kier alpha value is -1.81. The number of nitrogens with two attached hydrogens (primary N) is 1. The van der Waals surface area contributed by atoms with E-state index in [1.165, 1.54) is 0 Å². The summed E-state index contributed by atoms with van der Waals surface area (Å²) in [6.45, 7) is 0.637. The van der Waals surface area contributed by atoms with Crippen LogP contribution in [-0.2, 0) is 6.54 Å². The standard InChI is InChI=1S/C12H15N3O/c13-11(10-4-2-1-3-5-10)6-8-15-9-7-14-12(15)16/h1-5,7,9,11H,6,8,13H2,(H,14,16). The Balaban J connectivity index is 1.97. The summed E-state index contributed by atoms with van der Waals surface area (Å²) in [6.07, 6.45) is 4.12. The number of imidazole rings is 1. The lowest BCUT2D eigenvalue weighted by Crippen LogP contribution is -2.20. The molecule has 0 saturated heterocycles. The molecule has 0 fully saturated rings. The van der Waals surface area contributed by atoms with Crippen molar-refractivity contribution >= 4 is 0 Å². The van der Waals surface area contributed by atoms with Gasteiger partial charge >= 0.3 is 5.69 Å². The number of rotatable bonds is 4. The predicted octanol–water partition coefficient (Wildman–Crippen LogP) is 1.27. The van der Waals surface area contributed by atoms with E-state index in [4.69, 9.17) is 5.73 Å². The Labute approximate surface area is 93.7 Å². The zero-order valence-corrected chi connectivity index (χ0v) is 8.97. The molecule has 1 unspecified atom stereocenters. The van der Waals surface area contributed by atoms with E-state index in [0.29, 0.717) is 6.54 Å². The van der Waals surface area contributed by atoms with Gasteiger partial charge in [-0.2, -0.15) is 0 Å². The molecule has 0 bridgehead atoms. The minimum absolute atomic E-state index is 0.0250. The Kier molecular flexibility index (Phi) is 3.22. The molecule has 2 aromatic rings. The van der Waals surface area contributed by atoms with Crippen LogP contribution in [0.4, 0.5) is 0 Å². The number of hydrogen-bond acceptors (Lipinski definition) is 2. The van der Waals surface area contributed by atoms with Crippen molar-refractivity contribution in [1.29, 1.82) is 0 Å². The maximum Gasteiger partial charge on any atom is 0.325 e. The second kappa shape index (κ2) is 4.81. The summed E-state index contributed by atoms with van der Waals surface area (Å²) in [5, 5.41) is 0. The number of H-pyrrole nitrogens is 1. The van der Waals surface area contributed by atoms with Crippen LogP contribution in [0.2, 0.25) is 0 Å². The molecule has 1 heterocycles. The molecule has 3 N–H and O–H groups in total. The van der Waals surface area contributed by atoms with Crippen LogP contribution in [-0.4, -0.2) is 9.55 Å². The molecule has 1 aromatic heterocycles. The molecule has 0 aliphatic rings. The maximum absolute atomic E-state index is 11.2. The number of hydrogen-bond donors (Lipinski definition) is 2. The van der Waals surface area contributed by atoms with Gasteiger partial charge in [-0.05, 0) is 12.0 Å². The van der Waals surface area contributed by atoms with E-state index in [0.717, 1.165) is 12.0 Å². The van der Waals surface area contributed by atoms with Crippen molar-refractivity contribution in [2.24, 2.45) is 5.73 Å². The summed E-state index contributed by atoms with van der Waals surface area (Å²) in [7, 11) is 0. The molecule has 1 atom stereocenters. The van der Waals surface area contributed by atoms with E-state index in [2.05, 4.69) is 4.98 Å². The number of nitrogens with one attached hydrogen (secondary N) is 1. The average molecular weight is 217 g/mol. The van der Waals surface area contributed by atoms with E-state index in [1.54, 1.807) is 17.0 Å². The molecule has 0 saturated carbocycles. The van der Waals surface area contributed by atoms with Gasteiger partial charge in [0, 0.05) is 25.0 Å². The van der Waals surface area contributed by atoms with Gasteiger partial charge in [0.25, 0.3) is 0 Å². The number of nitrogens with zero attached hydrogens (tertiary/aromatic N) is 1. The van der Waals surface area contributed by atoms with E-state index in [1.807, 2.05) is 30.3 Å². The zero-order valence-electron chi connectivity index (χ0n) is 8.97. The van der Waals surface area contributed by atoms with Crippen LogP contribution >= 0.6 is 0 Å². The van der Waals surface area contributed by atoms with Gasteiger partial charge in [0.05, 0.1) is 0 Å². The first-order chi connectivity index (χ1) is 7.77. The van der Waals surface area contributed by atoms with E-state index in [-0.39, 0.29) is 11.7 Å². The third kappa shape index (κ3) is 2.41. The van der Waals surface area contributed by atoms with Crippen LogP contribution in [0.5, 0.6) is 0 Å². The van der Waals surface area contributed by atoms with Gasteiger partial charge in [0.1, 0.15) is 0 Å². The molecule has 0 radical (unpaired) electrons. The molecule has 0 aliphatic carbocycles. The predicted molar refractivity (Wildman–Crippen MR) is 63.0 cm³/mol. The van der Waals surface area contributed by atoms with Crippen molar-refractivity contribution in [2.75, 3.05) is 0 Å². The number of aromatic nitrogens is 2. The Morgan fingerprint density at radius 2 is 2.06 bits per heavy atom. The van der Waals surface area contributed by atoms with Crippen LogP contribution < -0.4 is 11.4 Å². The second-order valence-corrected chi connectivity index (χ2v) is 3.76. The minimum Gasteiger partial charge on any atom is -0.324 e. The molecule has 0 spiro atoms. The lowest BCUT2D eigenvalue weighted by Gasteiger charge is -2.11. The molecule has 0 aliphatic heterocycles. The van der Waals surface area contributed by atoms with Crippen molar-refractivity contribution in [1.82, 2.24) is 9.55 Å². The summed E-state index contributed by atoms with van der Waals surface area (Å²) in [5.74, 6) is 0. The fraction of sp³-hybridized carbons (Fsp3) is 0.250. The van der Waals surface area contributed by atoms with Crippen molar-refractivity contribution in [3.05, 3.63) is 58.8 Å². The number of aromatic amines is 1. The normalized spacial score (nSPS) is 12.6. The SMILES string of the molecule is NC(CCn1cc[nH]c1=O)c1ccccc1. The molecule has 84 valence electrons. The third-order valence-electron chi connectivity index (χ3n) is 2.63. The van der Waals surface area contributed by atoms with Gasteiger partial charge in [-0.3, -0.25) is 4.57 Å². The van der Waals surface area contributed by atoms with Crippen LogP contribution in [0.25, 0.3) is 0 Å². The molecule has 2 rings (SSSR count). The van der Waals surface area contributed by atoms with E-state index < -0.39 is 0 Å². The largest absolute Gasteiger partial charge is 0.325 e. The molecular formula is C12H15N3O. The summed E-state index contributed by atoms with van der Waals surface area (Å²) < 4.78 is 1.63. The quantitative estimate of drug-likeness (QED) is 0.810. The van der Waals surface area contributed by atoms with Gasteiger partial charge < -0.3 is 10.7 Å². The molecule has 1 aromatic carbocycles. The number of aryl methyl sites for hydroxylation is 1. The second-order valence-electron chi connectivity index (χ2n) is 3.76. The van der Waals surface area contributed by atoms with Crippen molar-refractivity contribution in [3.63, 3.8) is 0 Å². The van der Waals surface area contributed by atoms with Gasteiger partial charge in [0.15, 0.2) is 0 Å². The molecule has 4 nitrogen and oxygen atoms in total. The smallest absolute Gasteiger partial charge is 0.324 e. The summed E-state index contributed by atoms with van der Waals surface area (Å²) in [6, 6.07) is 9.89. The minimum atomic E-state index is -0.0831. The molecular weight excluding hydrogens is 202 g/mol. The van der Waals surface area contributed by atoms with Crippen molar-refractivity contribution < 1.29 is 0 Å². The summed E-state index contributed by atoms with van der Waals surface area (Å²) in [5.41, 5.74) is 7.06. The Morgan fingerprint density at radius 1 is 1.31 bits per heavy atom. The van der Waals surface area contributed by atoms with Crippen molar-refractivity contribution in [2.45, 2.75) is 19.0 Å². The Morgan fingerprint density at radius 3 is 2.69 bits per heavy atom. The van der Waals surface area contributed by atoms with Crippen LogP contribution in [0, 0.1) is 0 Å². The molecule has 4 heteroatoms. The number of benzene rings is 1. The monoisotopic (exact) mass is 217 g/mol. The lowest BCUT2D eigenvalue weighted by molar-refractivity contribution is 0.550. The highest BCUT2D eigenvalue weighted by Gasteiger charge is 2.05. The van der Waals surface area contributed by atoms with E-state index >= 15 is 0 Å². The summed E-state index contributed by atoms with van der Waals surface area (Å²) in [4.78, 5) is 13.8. The highest BCUT2D eigenvalue weighted by molar-refractivity contribution is 5.18. The third-order valence-corrected chi connectivity index (χ3v) is 2.63. The topological polar surface area (TPSA) is 63.8 Å². The van der Waals surface area contributed by atoms with Gasteiger partial charge in [-0.25, -0.2) is 4.79 Å². The first kappa shape index (κ1) is 10.7. The maximum atomic E-state index is 11.2. The summed E-state index contributed by atoms with van der Waals surface area (Å²) >= 11 is 0. The first-order valence-corrected chi connectivity index (χ1v) is 5.32. The lowest BCUT2D eigenvalue weighted by atomic mass is 10.1. The van der Waals surface area contributed by atoms with Crippen LogP contribution in [0.1, 0.15) is 18.0 Å². The van der Waals surface area contributed by atoms with Crippen molar-refractivity contribution in [3.8, 4) is 0 Å².